The summed E-state index contributed by atoms with van der Waals surface area (Å²) in [5.74, 6) is -1.12. The van der Waals surface area contributed by atoms with Gasteiger partial charge in [-0.25, -0.2) is 0 Å². The van der Waals surface area contributed by atoms with Crippen molar-refractivity contribution in [1.29, 1.82) is 5.26 Å². The number of amides is 2. The van der Waals surface area contributed by atoms with Gasteiger partial charge in [-0.3, -0.25) is 19.8 Å². The summed E-state index contributed by atoms with van der Waals surface area (Å²) in [6, 6.07) is 27.6. The second-order valence-corrected chi connectivity index (χ2v) is 13.1. The van der Waals surface area contributed by atoms with E-state index < -0.39 is 11.8 Å². The molecule has 1 fully saturated rings. The predicted molar refractivity (Wildman–Crippen MR) is 195 cm³/mol. The van der Waals surface area contributed by atoms with E-state index in [0.29, 0.717) is 32.3 Å². The number of benzene rings is 4. The first-order valence-corrected chi connectivity index (χ1v) is 17.0. The second kappa shape index (κ2) is 14.2. The lowest BCUT2D eigenvalue weighted by Crippen LogP contribution is -2.46. The molecular weight excluding hydrogens is 657 g/mol. The number of hydrogen-bond acceptors (Lipinski definition) is 6. The molecule has 2 N–H and O–H groups in total. The molecule has 1 aliphatic heterocycles. The Kier molecular flexibility index (Phi) is 9.41. The van der Waals surface area contributed by atoms with E-state index >= 15 is 0 Å². The topological polar surface area (TPSA) is 105 Å². The molecule has 4 aromatic carbocycles. The standard InChI is InChI=1S/C39H33Cl2N5O3/c40-29-9-5-26(6-10-29)36-33-22-31(13-15-35(33)49-37(36)39(48)44-38(47)27-7-11-30(41)12-8-27)46-19-17-45(18-20-46)16-2-1-3-28-24-43-34-14-4-25(23-42)21-32(28)34/h4-15,21-22,24,43H,1-3,16-20H2,(H,44,47,48). The largest absolute Gasteiger partial charge is 0.450 e. The number of halogens is 2. The number of rotatable bonds is 9. The van der Waals surface area contributed by atoms with E-state index in [9.17, 15) is 14.9 Å². The zero-order valence-electron chi connectivity index (χ0n) is 26.6. The van der Waals surface area contributed by atoms with Crippen LogP contribution in [0.4, 0.5) is 5.69 Å². The zero-order chi connectivity index (χ0) is 33.9. The highest BCUT2D eigenvalue weighted by molar-refractivity contribution is 6.31. The van der Waals surface area contributed by atoms with E-state index in [1.54, 1.807) is 36.4 Å². The van der Waals surface area contributed by atoms with Crippen molar-refractivity contribution in [1.82, 2.24) is 15.2 Å². The van der Waals surface area contributed by atoms with Gasteiger partial charge in [0.15, 0.2) is 0 Å². The van der Waals surface area contributed by atoms with Gasteiger partial charge in [0.25, 0.3) is 11.8 Å². The average molecular weight is 691 g/mol. The number of fused-ring (bicyclic) bond motifs is 2. The van der Waals surface area contributed by atoms with Crippen LogP contribution in [0, 0.1) is 11.3 Å². The Morgan fingerprint density at radius 3 is 2.31 bits per heavy atom. The predicted octanol–water partition coefficient (Wildman–Crippen LogP) is 8.47. The molecule has 1 aliphatic rings. The van der Waals surface area contributed by atoms with Gasteiger partial charge in [-0.05, 0) is 110 Å². The summed E-state index contributed by atoms with van der Waals surface area (Å²) in [5.41, 5.74) is 6.29. The van der Waals surface area contributed by atoms with E-state index in [1.165, 1.54) is 5.56 Å². The van der Waals surface area contributed by atoms with Gasteiger partial charge in [-0.2, -0.15) is 5.26 Å². The molecular formula is C39H33Cl2N5O3. The van der Waals surface area contributed by atoms with Crippen molar-refractivity contribution in [2.24, 2.45) is 0 Å². The summed E-state index contributed by atoms with van der Waals surface area (Å²) < 4.78 is 6.12. The third kappa shape index (κ3) is 7.06. The van der Waals surface area contributed by atoms with Gasteiger partial charge in [-0.1, -0.05) is 35.3 Å². The Hall–Kier alpha value is -5.07. The smallest absolute Gasteiger partial charge is 0.294 e. The number of furan rings is 1. The fourth-order valence-electron chi connectivity index (χ4n) is 6.51. The molecule has 6 aromatic rings. The molecule has 0 radical (unpaired) electrons. The van der Waals surface area contributed by atoms with Crippen molar-refractivity contribution in [2.45, 2.75) is 19.3 Å². The first kappa shape index (κ1) is 32.5. The molecule has 49 heavy (non-hydrogen) atoms. The Morgan fingerprint density at radius 2 is 1.57 bits per heavy atom. The molecule has 0 spiro atoms. The number of aryl methyl sites for hydroxylation is 1. The van der Waals surface area contributed by atoms with Crippen LogP contribution >= 0.6 is 23.2 Å². The number of imide groups is 1. The number of nitriles is 1. The van der Waals surface area contributed by atoms with Crippen LogP contribution in [0.1, 0.15) is 44.9 Å². The molecule has 0 saturated carbocycles. The number of carbonyl (C=O) groups is 2. The minimum absolute atomic E-state index is 0.0553. The summed E-state index contributed by atoms with van der Waals surface area (Å²) in [6.45, 7) is 4.69. The fourth-order valence-corrected chi connectivity index (χ4v) is 6.77. The molecule has 0 bridgehead atoms. The molecule has 2 amide bonds. The SMILES string of the molecule is N#Cc1ccc2[nH]cc(CCCCN3CCN(c4ccc5oc(C(=O)NC(=O)c6ccc(Cl)cc6)c(-c6ccc(Cl)cc6)c5c4)CC3)c2c1. The first-order chi connectivity index (χ1) is 23.9. The Balaban J connectivity index is 1.02. The number of anilines is 1. The molecule has 10 heteroatoms. The maximum absolute atomic E-state index is 13.5. The molecule has 0 atom stereocenters. The maximum atomic E-state index is 13.5. The number of carbonyl (C=O) groups excluding carboxylic acids is 2. The summed E-state index contributed by atoms with van der Waals surface area (Å²) >= 11 is 12.2. The molecule has 8 nitrogen and oxygen atoms in total. The van der Waals surface area contributed by atoms with Crippen LogP contribution in [-0.4, -0.2) is 54.4 Å². The highest BCUT2D eigenvalue weighted by atomic mass is 35.5. The van der Waals surface area contributed by atoms with Gasteiger partial charge in [0.1, 0.15) is 5.58 Å². The Labute approximate surface area is 293 Å². The molecule has 1 saturated heterocycles. The quantitative estimate of drug-likeness (QED) is 0.117. The van der Waals surface area contributed by atoms with Crippen LogP contribution in [-0.2, 0) is 6.42 Å². The highest BCUT2D eigenvalue weighted by Gasteiger charge is 2.25. The minimum Gasteiger partial charge on any atom is -0.450 e. The molecule has 3 heterocycles. The fraction of sp³-hybridized carbons (Fsp3) is 0.205. The number of H-pyrrole nitrogens is 1. The van der Waals surface area contributed by atoms with Crippen LogP contribution in [0.3, 0.4) is 0 Å². The van der Waals surface area contributed by atoms with Crippen molar-refractivity contribution >= 4 is 62.6 Å². The molecule has 2 aromatic heterocycles. The van der Waals surface area contributed by atoms with E-state index in [4.69, 9.17) is 27.6 Å². The monoisotopic (exact) mass is 689 g/mol. The number of nitrogens with zero attached hydrogens (tertiary/aromatic N) is 3. The van der Waals surface area contributed by atoms with Crippen molar-refractivity contribution < 1.29 is 14.0 Å². The van der Waals surface area contributed by atoms with Crippen molar-refractivity contribution in [3.63, 3.8) is 0 Å². The van der Waals surface area contributed by atoms with Crippen molar-refractivity contribution in [3.8, 4) is 17.2 Å². The summed E-state index contributed by atoms with van der Waals surface area (Å²) in [6.07, 6.45) is 5.22. The number of nitrogens with one attached hydrogen (secondary N) is 2. The number of piperazine rings is 1. The van der Waals surface area contributed by atoms with E-state index in [0.717, 1.165) is 79.5 Å². The highest BCUT2D eigenvalue weighted by Crippen LogP contribution is 2.38. The third-order valence-electron chi connectivity index (χ3n) is 9.15. The van der Waals surface area contributed by atoms with E-state index in [-0.39, 0.29) is 5.76 Å². The molecule has 0 unspecified atom stereocenters. The van der Waals surface area contributed by atoms with Gasteiger partial charge >= 0.3 is 0 Å². The molecule has 246 valence electrons. The zero-order valence-corrected chi connectivity index (χ0v) is 28.2. The number of aromatic nitrogens is 1. The summed E-state index contributed by atoms with van der Waals surface area (Å²) in [7, 11) is 0. The molecule has 7 rings (SSSR count). The van der Waals surface area contributed by atoms with Crippen LogP contribution in [0.15, 0.2) is 95.5 Å². The van der Waals surface area contributed by atoms with Crippen LogP contribution in [0.5, 0.6) is 0 Å². The Bertz CT molecular complexity index is 2190. The minimum atomic E-state index is -0.632. The normalized spacial score (nSPS) is 13.5. The first-order valence-electron chi connectivity index (χ1n) is 16.3. The van der Waals surface area contributed by atoms with Crippen molar-refractivity contribution in [2.75, 3.05) is 37.6 Å². The van der Waals surface area contributed by atoms with E-state index in [2.05, 4.69) is 38.4 Å². The summed E-state index contributed by atoms with van der Waals surface area (Å²) in [4.78, 5) is 34.6. The van der Waals surface area contributed by atoms with Gasteiger partial charge in [0.05, 0.1) is 11.6 Å². The van der Waals surface area contributed by atoms with E-state index in [1.807, 2.05) is 42.5 Å². The lowest BCUT2D eigenvalue weighted by molar-refractivity contribution is 0.0834. The third-order valence-corrected chi connectivity index (χ3v) is 9.65. The van der Waals surface area contributed by atoms with Crippen LogP contribution in [0.25, 0.3) is 33.0 Å². The lowest BCUT2D eigenvalue weighted by Gasteiger charge is -2.36. The molecule has 0 aliphatic carbocycles. The van der Waals surface area contributed by atoms with Gasteiger partial charge in [-0.15, -0.1) is 0 Å². The van der Waals surface area contributed by atoms with Gasteiger partial charge in [0.2, 0.25) is 5.76 Å². The van der Waals surface area contributed by atoms with Crippen LogP contribution < -0.4 is 10.2 Å². The van der Waals surface area contributed by atoms with Crippen molar-refractivity contribution in [3.05, 3.63) is 124 Å². The number of unbranched alkanes of at least 4 members (excludes halogenated alkanes) is 1. The summed E-state index contributed by atoms with van der Waals surface area (Å²) in [5, 5.41) is 14.7. The maximum Gasteiger partial charge on any atom is 0.294 e. The second-order valence-electron chi connectivity index (χ2n) is 12.3. The number of aromatic amines is 1. The number of hydrogen-bond donors (Lipinski definition) is 2. The lowest BCUT2D eigenvalue weighted by atomic mass is 10.0. The van der Waals surface area contributed by atoms with Crippen LogP contribution in [0.2, 0.25) is 10.0 Å². The van der Waals surface area contributed by atoms with Gasteiger partial charge < -0.3 is 14.3 Å². The van der Waals surface area contributed by atoms with Gasteiger partial charge in [0, 0.05) is 75.5 Å². The Morgan fingerprint density at radius 1 is 0.837 bits per heavy atom. The average Bonchev–Trinajstić information content (AvgIpc) is 3.72.